The predicted octanol–water partition coefficient (Wildman–Crippen LogP) is 0.310. The van der Waals surface area contributed by atoms with Crippen LogP contribution in [0.1, 0.15) is 23.2 Å². The Morgan fingerprint density at radius 1 is 1.55 bits per heavy atom. The molecule has 0 saturated heterocycles. The first kappa shape index (κ1) is 12.7. The van der Waals surface area contributed by atoms with Crippen molar-refractivity contribution in [1.82, 2.24) is 25.4 Å². The summed E-state index contributed by atoms with van der Waals surface area (Å²) >= 11 is 0. The minimum atomic E-state index is -0.494. The van der Waals surface area contributed by atoms with Crippen LogP contribution < -0.4 is 5.32 Å². The van der Waals surface area contributed by atoms with Gasteiger partial charge in [0.05, 0.1) is 17.9 Å². The van der Waals surface area contributed by atoms with Gasteiger partial charge in [-0.1, -0.05) is 0 Å². The highest BCUT2D eigenvalue weighted by atomic mass is 16.3. The Morgan fingerprint density at radius 3 is 3.20 bits per heavy atom. The van der Waals surface area contributed by atoms with Gasteiger partial charge in [-0.25, -0.2) is 4.98 Å². The maximum Gasteiger partial charge on any atom is 0.248 e. The molecular formula is C13H15N5O2. The molecule has 0 radical (unpaired) electrons. The zero-order valence-corrected chi connectivity index (χ0v) is 11.1. The lowest BCUT2D eigenvalue weighted by Gasteiger charge is -2.23. The SMILES string of the molecule is CNC1C(=O)N(Cc2cccnn2)CCc2ncoc21. The number of nitrogens with one attached hydrogen (secondary N) is 1. The van der Waals surface area contributed by atoms with E-state index in [2.05, 4.69) is 20.5 Å². The van der Waals surface area contributed by atoms with E-state index in [1.54, 1.807) is 18.1 Å². The summed E-state index contributed by atoms with van der Waals surface area (Å²) in [7, 11) is 1.74. The number of carbonyl (C=O) groups excluding carboxylic acids is 1. The van der Waals surface area contributed by atoms with Crippen molar-refractivity contribution in [2.24, 2.45) is 0 Å². The van der Waals surface area contributed by atoms with E-state index in [9.17, 15) is 4.79 Å². The number of likely N-dealkylation sites (N-methyl/N-ethyl adjacent to an activating group) is 1. The summed E-state index contributed by atoms with van der Waals surface area (Å²) in [5.74, 6) is 0.577. The van der Waals surface area contributed by atoms with Gasteiger partial charge in [-0.3, -0.25) is 4.79 Å². The van der Waals surface area contributed by atoms with Crippen LogP contribution in [0.2, 0.25) is 0 Å². The fourth-order valence-electron chi connectivity index (χ4n) is 2.37. The second kappa shape index (κ2) is 5.38. The van der Waals surface area contributed by atoms with Crippen molar-refractivity contribution in [1.29, 1.82) is 0 Å². The smallest absolute Gasteiger partial charge is 0.248 e. The van der Waals surface area contributed by atoms with E-state index >= 15 is 0 Å². The van der Waals surface area contributed by atoms with Gasteiger partial charge in [-0.15, -0.1) is 0 Å². The topological polar surface area (TPSA) is 84.2 Å². The van der Waals surface area contributed by atoms with Crippen LogP contribution in [0.3, 0.4) is 0 Å². The van der Waals surface area contributed by atoms with Crippen LogP contribution in [0.4, 0.5) is 0 Å². The van der Waals surface area contributed by atoms with Crippen molar-refractivity contribution in [2.45, 2.75) is 19.0 Å². The van der Waals surface area contributed by atoms with Crippen LogP contribution in [-0.2, 0) is 17.8 Å². The molecular weight excluding hydrogens is 258 g/mol. The number of hydrogen-bond acceptors (Lipinski definition) is 6. The van der Waals surface area contributed by atoms with Gasteiger partial charge in [-0.05, 0) is 19.2 Å². The third kappa shape index (κ3) is 2.27. The Balaban J connectivity index is 1.84. The van der Waals surface area contributed by atoms with Crippen LogP contribution in [0.25, 0.3) is 0 Å². The molecule has 7 nitrogen and oxygen atoms in total. The van der Waals surface area contributed by atoms with Crippen LogP contribution in [0, 0.1) is 0 Å². The molecule has 1 aliphatic heterocycles. The van der Waals surface area contributed by atoms with Gasteiger partial charge in [0.25, 0.3) is 0 Å². The molecule has 3 rings (SSSR count). The van der Waals surface area contributed by atoms with Crippen molar-refractivity contribution in [3.63, 3.8) is 0 Å². The van der Waals surface area contributed by atoms with E-state index < -0.39 is 6.04 Å². The monoisotopic (exact) mass is 273 g/mol. The molecule has 0 fully saturated rings. The molecule has 0 aliphatic carbocycles. The molecule has 1 amide bonds. The zero-order valence-electron chi connectivity index (χ0n) is 11.1. The third-order valence-corrected chi connectivity index (χ3v) is 3.38. The molecule has 0 aromatic carbocycles. The molecule has 3 heterocycles. The fraction of sp³-hybridized carbons (Fsp3) is 0.385. The Kier molecular flexibility index (Phi) is 3.42. The molecule has 2 aromatic heterocycles. The van der Waals surface area contributed by atoms with E-state index in [0.717, 1.165) is 11.4 Å². The Bertz CT molecular complexity index is 598. The largest absolute Gasteiger partial charge is 0.446 e. The molecule has 20 heavy (non-hydrogen) atoms. The number of aromatic nitrogens is 3. The summed E-state index contributed by atoms with van der Waals surface area (Å²) < 4.78 is 5.36. The van der Waals surface area contributed by atoms with Gasteiger partial charge in [-0.2, -0.15) is 10.2 Å². The van der Waals surface area contributed by atoms with Crippen LogP contribution in [0.5, 0.6) is 0 Å². The van der Waals surface area contributed by atoms with Gasteiger partial charge >= 0.3 is 0 Å². The lowest BCUT2D eigenvalue weighted by molar-refractivity contribution is -0.134. The van der Waals surface area contributed by atoms with E-state index in [1.807, 2.05) is 12.1 Å². The van der Waals surface area contributed by atoms with E-state index in [4.69, 9.17) is 4.42 Å². The van der Waals surface area contributed by atoms with Crippen LogP contribution >= 0.6 is 0 Å². The van der Waals surface area contributed by atoms with E-state index in [0.29, 0.717) is 25.3 Å². The normalized spacial score (nSPS) is 18.8. The molecule has 1 aliphatic rings. The first-order valence-corrected chi connectivity index (χ1v) is 6.44. The van der Waals surface area contributed by atoms with Gasteiger partial charge in [0, 0.05) is 19.2 Å². The number of oxazole rings is 1. The fourth-order valence-corrected chi connectivity index (χ4v) is 2.37. The first-order valence-electron chi connectivity index (χ1n) is 6.44. The summed E-state index contributed by atoms with van der Waals surface area (Å²) in [6.07, 6.45) is 3.68. The van der Waals surface area contributed by atoms with Crippen LogP contribution in [0.15, 0.2) is 29.1 Å². The van der Waals surface area contributed by atoms with Crippen molar-refractivity contribution < 1.29 is 9.21 Å². The van der Waals surface area contributed by atoms with Gasteiger partial charge in [0.1, 0.15) is 6.04 Å². The van der Waals surface area contributed by atoms with Gasteiger partial charge in [0.15, 0.2) is 12.2 Å². The second-order valence-corrected chi connectivity index (χ2v) is 4.61. The number of hydrogen-bond donors (Lipinski definition) is 1. The average molecular weight is 273 g/mol. The molecule has 1 unspecified atom stereocenters. The summed E-state index contributed by atoms with van der Waals surface area (Å²) in [6.45, 7) is 1.03. The van der Waals surface area contributed by atoms with Gasteiger partial charge in [0.2, 0.25) is 5.91 Å². The second-order valence-electron chi connectivity index (χ2n) is 4.61. The number of carbonyl (C=O) groups is 1. The van der Waals surface area contributed by atoms with E-state index in [-0.39, 0.29) is 5.91 Å². The Hall–Kier alpha value is -2.28. The molecule has 1 N–H and O–H groups in total. The lowest BCUT2D eigenvalue weighted by atomic mass is 10.1. The Morgan fingerprint density at radius 2 is 2.45 bits per heavy atom. The summed E-state index contributed by atoms with van der Waals surface area (Å²) in [6, 6.07) is 3.17. The maximum absolute atomic E-state index is 12.6. The molecule has 104 valence electrons. The number of nitrogens with zero attached hydrogens (tertiary/aromatic N) is 4. The molecule has 2 aromatic rings. The van der Waals surface area contributed by atoms with Crippen molar-refractivity contribution >= 4 is 5.91 Å². The molecule has 0 spiro atoms. The summed E-state index contributed by atoms with van der Waals surface area (Å²) in [4.78, 5) is 18.5. The highest BCUT2D eigenvalue weighted by molar-refractivity contribution is 5.83. The lowest BCUT2D eigenvalue weighted by Crippen LogP contribution is -2.38. The predicted molar refractivity (Wildman–Crippen MR) is 69.5 cm³/mol. The van der Waals surface area contributed by atoms with E-state index in [1.165, 1.54) is 6.39 Å². The third-order valence-electron chi connectivity index (χ3n) is 3.38. The maximum atomic E-state index is 12.6. The average Bonchev–Trinajstić information content (AvgIpc) is 2.89. The quantitative estimate of drug-likeness (QED) is 0.866. The molecule has 7 heteroatoms. The zero-order chi connectivity index (χ0) is 13.9. The molecule has 0 bridgehead atoms. The molecule has 0 saturated carbocycles. The standard InChI is InChI=1S/C13H15N5O2/c1-14-11-12-10(15-8-20-12)4-6-18(13(11)19)7-9-3-2-5-16-17-9/h2-3,5,8,11,14H,4,6-7H2,1H3. The van der Waals surface area contributed by atoms with Crippen molar-refractivity contribution in [3.05, 3.63) is 41.9 Å². The summed E-state index contributed by atoms with van der Waals surface area (Å²) in [5, 5.41) is 10.8. The Labute approximate surface area is 116 Å². The molecule has 1 atom stereocenters. The van der Waals surface area contributed by atoms with Gasteiger partial charge < -0.3 is 14.6 Å². The minimum absolute atomic E-state index is 0.0337. The highest BCUT2D eigenvalue weighted by Gasteiger charge is 2.33. The summed E-state index contributed by atoms with van der Waals surface area (Å²) in [5.41, 5.74) is 1.60. The first-order chi connectivity index (χ1) is 9.79. The highest BCUT2D eigenvalue weighted by Crippen LogP contribution is 2.24. The van der Waals surface area contributed by atoms with Crippen molar-refractivity contribution in [3.8, 4) is 0 Å². The number of rotatable bonds is 3. The number of amides is 1. The van der Waals surface area contributed by atoms with Crippen LogP contribution in [-0.4, -0.2) is 39.6 Å². The number of fused-ring (bicyclic) bond motifs is 1. The van der Waals surface area contributed by atoms with Crippen molar-refractivity contribution in [2.75, 3.05) is 13.6 Å². The minimum Gasteiger partial charge on any atom is -0.446 e.